The minimum Gasteiger partial charge on any atom is -0.325 e. The summed E-state index contributed by atoms with van der Waals surface area (Å²) in [6.07, 6.45) is 6.62. The number of nitrogens with one attached hydrogen (secondary N) is 1. The van der Waals surface area contributed by atoms with Gasteiger partial charge >= 0.3 is 0 Å². The number of hydrogen-bond donors (Lipinski definition) is 1. The Bertz CT molecular complexity index is 674. The van der Waals surface area contributed by atoms with E-state index < -0.39 is 10.0 Å². The maximum absolute atomic E-state index is 12.5. The second-order valence-corrected chi connectivity index (χ2v) is 8.81. The van der Waals surface area contributed by atoms with Crippen LogP contribution < -0.4 is 5.32 Å². The molecule has 0 atom stereocenters. The van der Waals surface area contributed by atoms with E-state index >= 15 is 0 Å². The van der Waals surface area contributed by atoms with Crippen molar-refractivity contribution in [2.75, 3.05) is 38.0 Å². The molecule has 0 radical (unpaired) electrons. The van der Waals surface area contributed by atoms with Crippen molar-refractivity contribution in [2.45, 2.75) is 43.4 Å². The van der Waals surface area contributed by atoms with Gasteiger partial charge < -0.3 is 5.32 Å². The highest BCUT2D eigenvalue weighted by Gasteiger charge is 2.26. The second kappa shape index (κ2) is 8.29. The maximum atomic E-state index is 12.5. The predicted molar refractivity (Wildman–Crippen MR) is 98.0 cm³/mol. The van der Waals surface area contributed by atoms with E-state index in [1.54, 1.807) is 24.3 Å². The molecule has 0 unspecified atom stereocenters. The summed E-state index contributed by atoms with van der Waals surface area (Å²) in [5.41, 5.74) is 0.639. The van der Waals surface area contributed by atoms with E-state index in [0.29, 0.717) is 30.2 Å². The van der Waals surface area contributed by atoms with Gasteiger partial charge in [0, 0.05) is 18.8 Å². The highest BCUT2D eigenvalue weighted by atomic mass is 32.2. The zero-order valence-electron chi connectivity index (χ0n) is 14.6. The SMILES string of the molecule is O=C(CN1CCCCCC1)Nc1ccc(S(=O)(=O)N2CCCC2)cc1. The fourth-order valence-electron chi connectivity index (χ4n) is 3.49. The van der Waals surface area contributed by atoms with Crippen molar-refractivity contribution in [3.63, 3.8) is 0 Å². The topological polar surface area (TPSA) is 69.7 Å². The van der Waals surface area contributed by atoms with Crippen molar-refractivity contribution >= 4 is 21.6 Å². The summed E-state index contributed by atoms with van der Waals surface area (Å²) in [5.74, 6) is -0.0444. The van der Waals surface area contributed by atoms with E-state index in [4.69, 9.17) is 0 Å². The van der Waals surface area contributed by atoms with Gasteiger partial charge in [0.2, 0.25) is 15.9 Å². The van der Waals surface area contributed by atoms with Gasteiger partial charge in [0.1, 0.15) is 0 Å². The normalized spacial score (nSPS) is 20.3. The summed E-state index contributed by atoms with van der Waals surface area (Å²) in [6.45, 7) is 3.53. The van der Waals surface area contributed by atoms with Crippen LogP contribution in [-0.2, 0) is 14.8 Å². The first-order chi connectivity index (χ1) is 12.1. The van der Waals surface area contributed by atoms with Crippen LogP contribution in [0, 0.1) is 0 Å². The maximum Gasteiger partial charge on any atom is 0.243 e. The van der Waals surface area contributed by atoms with Gasteiger partial charge in [-0.2, -0.15) is 4.31 Å². The molecule has 7 heteroatoms. The van der Waals surface area contributed by atoms with Gasteiger partial charge in [-0.05, 0) is 63.0 Å². The summed E-state index contributed by atoms with van der Waals surface area (Å²) in [5, 5.41) is 2.87. The first-order valence-corrected chi connectivity index (χ1v) is 10.6. The number of nitrogens with zero attached hydrogens (tertiary/aromatic N) is 2. The van der Waals surface area contributed by atoms with Crippen molar-refractivity contribution in [1.82, 2.24) is 9.21 Å². The fraction of sp³-hybridized carbons (Fsp3) is 0.611. The van der Waals surface area contributed by atoms with Gasteiger partial charge in [0.15, 0.2) is 0 Å². The van der Waals surface area contributed by atoms with Gasteiger partial charge in [-0.25, -0.2) is 8.42 Å². The molecule has 1 aromatic carbocycles. The molecule has 2 heterocycles. The smallest absolute Gasteiger partial charge is 0.243 e. The number of anilines is 1. The Kier molecular flexibility index (Phi) is 6.09. The third-order valence-electron chi connectivity index (χ3n) is 4.91. The summed E-state index contributed by atoms with van der Waals surface area (Å²) in [7, 11) is -3.40. The summed E-state index contributed by atoms with van der Waals surface area (Å²) in [4.78, 5) is 14.7. The van der Waals surface area contributed by atoms with E-state index in [9.17, 15) is 13.2 Å². The van der Waals surface area contributed by atoms with Crippen LogP contribution in [0.5, 0.6) is 0 Å². The summed E-state index contributed by atoms with van der Waals surface area (Å²) in [6, 6.07) is 6.50. The van der Waals surface area contributed by atoms with E-state index in [0.717, 1.165) is 38.8 Å². The second-order valence-electron chi connectivity index (χ2n) is 6.87. The minimum atomic E-state index is -3.40. The molecule has 0 bridgehead atoms. The molecule has 1 aromatic rings. The number of hydrogen-bond acceptors (Lipinski definition) is 4. The molecule has 0 aliphatic carbocycles. The van der Waals surface area contributed by atoms with Crippen LogP contribution in [0.4, 0.5) is 5.69 Å². The number of carbonyl (C=O) groups excluding carboxylic acids is 1. The van der Waals surface area contributed by atoms with E-state index in [1.165, 1.54) is 17.1 Å². The Morgan fingerprint density at radius 1 is 0.880 bits per heavy atom. The molecule has 2 aliphatic heterocycles. The highest BCUT2D eigenvalue weighted by molar-refractivity contribution is 7.89. The number of amides is 1. The molecule has 2 aliphatic rings. The molecule has 1 N–H and O–H groups in total. The third kappa shape index (κ3) is 4.80. The Labute approximate surface area is 150 Å². The molecule has 138 valence electrons. The first kappa shape index (κ1) is 18.4. The lowest BCUT2D eigenvalue weighted by Crippen LogP contribution is -2.33. The molecular formula is C18H27N3O3S. The van der Waals surface area contributed by atoms with Crippen LogP contribution in [-0.4, -0.2) is 56.3 Å². The molecule has 2 fully saturated rings. The average molecular weight is 365 g/mol. The third-order valence-corrected chi connectivity index (χ3v) is 6.82. The molecule has 2 saturated heterocycles. The molecule has 1 amide bonds. The molecule has 0 spiro atoms. The highest BCUT2D eigenvalue weighted by Crippen LogP contribution is 2.22. The van der Waals surface area contributed by atoms with E-state index in [-0.39, 0.29) is 5.91 Å². The minimum absolute atomic E-state index is 0.0444. The quantitative estimate of drug-likeness (QED) is 0.869. The van der Waals surface area contributed by atoms with Crippen LogP contribution >= 0.6 is 0 Å². The zero-order valence-corrected chi connectivity index (χ0v) is 15.4. The molecule has 6 nitrogen and oxygen atoms in total. The van der Waals surface area contributed by atoms with Crippen LogP contribution in [0.3, 0.4) is 0 Å². The van der Waals surface area contributed by atoms with E-state index in [1.807, 2.05) is 0 Å². The molecular weight excluding hydrogens is 338 g/mol. The van der Waals surface area contributed by atoms with Gasteiger partial charge in [-0.15, -0.1) is 0 Å². The van der Waals surface area contributed by atoms with Gasteiger partial charge in [-0.1, -0.05) is 12.8 Å². The van der Waals surface area contributed by atoms with Gasteiger partial charge in [0.25, 0.3) is 0 Å². The predicted octanol–water partition coefficient (Wildman–Crippen LogP) is 2.29. The monoisotopic (exact) mass is 365 g/mol. The number of likely N-dealkylation sites (tertiary alicyclic amines) is 1. The van der Waals surface area contributed by atoms with Crippen LogP contribution in [0.1, 0.15) is 38.5 Å². The van der Waals surface area contributed by atoms with Crippen molar-refractivity contribution < 1.29 is 13.2 Å². The first-order valence-electron chi connectivity index (χ1n) is 9.18. The van der Waals surface area contributed by atoms with Crippen molar-refractivity contribution in [3.8, 4) is 0 Å². The van der Waals surface area contributed by atoms with Gasteiger partial charge in [0.05, 0.1) is 11.4 Å². The molecule has 0 saturated carbocycles. The molecule has 3 rings (SSSR count). The Balaban J connectivity index is 1.57. The standard InChI is InChI=1S/C18H27N3O3S/c22-18(15-20-11-3-1-2-4-12-20)19-16-7-9-17(10-8-16)25(23,24)21-13-5-6-14-21/h7-10H,1-6,11-15H2,(H,19,22). The zero-order chi connectivity index (χ0) is 17.7. The number of benzene rings is 1. The van der Waals surface area contributed by atoms with E-state index in [2.05, 4.69) is 10.2 Å². The average Bonchev–Trinajstić information content (AvgIpc) is 3.03. The summed E-state index contributed by atoms with van der Waals surface area (Å²) >= 11 is 0. The largest absolute Gasteiger partial charge is 0.325 e. The van der Waals surface area contributed by atoms with Crippen LogP contribution in [0.25, 0.3) is 0 Å². The van der Waals surface area contributed by atoms with Crippen molar-refractivity contribution in [3.05, 3.63) is 24.3 Å². The Hall–Kier alpha value is -1.44. The lowest BCUT2D eigenvalue weighted by molar-refractivity contribution is -0.117. The van der Waals surface area contributed by atoms with Crippen molar-refractivity contribution in [1.29, 1.82) is 0 Å². The molecule has 25 heavy (non-hydrogen) atoms. The lowest BCUT2D eigenvalue weighted by Gasteiger charge is -2.19. The molecule has 0 aromatic heterocycles. The number of sulfonamides is 1. The van der Waals surface area contributed by atoms with Crippen LogP contribution in [0.2, 0.25) is 0 Å². The summed E-state index contributed by atoms with van der Waals surface area (Å²) < 4.78 is 26.5. The fourth-order valence-corrected chi connectivity index (χ4v) is 5.00. The number of rotatable bonds is 5. The number of carbonyl (C=O) groups is 1. The van der Waals surface area contributed by atoms with Crippen LogP contribution in [0.15, 0.2) is 29.2 Å². The van der Waals surface area contributed by atoms with Crippen molar-refractivity contribution in [2.24, 2.45) is 0 Å². The Morgan fingerprint density at radius 2 is 1.44 bits per heavy atom. The van der Waals surface area contributed by atoms with Gasteiger partial charge in [-0.3, -0.25) is 9.69 Å². The Morgan fingerprint density at radius 3 is 2.04 bits per heavy atom. The lowest BCUT2D eigenvalue weighted by atomic mass is 10.2.